The molecule has 0 bridgehead atoms. The van der Waals surface area contributed by atoms with E-state index in [2.05, 4.69) is 121 Å². The van der Waals surface area contributed by atoms with E-state index in [9.17, 15) is 33.6 Å². The maximum atomic E-state index is 12.7. The molecule has 27 nitrogen and oxygen atoms in total. The molecule has 514 valence electrons. The Morgan fingerprint density at radius 1 is 0.420 bits per heavy atom. The van der Waals surface area contributed by atoms with Crippen molar-refractivity contribution >= 4 is 143 Å². The number of aliphatic hydroxyl groups excluding tert-OH is 1. The van der Waals surface area contributed by atoms with Crippen LogP contribution in [-0.2, 0) is 124 Å². The first-order valence-corrected chi connectivity index (χ1v) is 32.9. The summed E-state index contributed by atoms with van der Waals surface area (Å²) < 4.78 is 114. The number of esters is 7. The maximum Gasteiger partial charge on any atom is 0.317 e. The summed E-state index contributed by atoms with van der Waals surface area (Å²) in [5.74, 6) is -9.19. The highest BCUT2D eigenvalue weighted by molar-refractivity contribution is 7.82. The van der Waals surface area contributed by atoms with Crippen LogP contribution in [0.5, 0.6) is 0 Å². The quantitative estimate of drug-likeness (QED) is 0.0136. The number of carbonyl (C=O) groups is 7. The Labute approximate surface area is 559 Å². The van der Waals surface area contributed by atoms with Crippen LogP contribution in [0.25, 0.3) is 0 Å². The summed E-state index contributed by atoms with van der Waals surface area (Å²) in [7, 11) is 0. The molecular formula is C53H92O27S8. The predicted molar refractivity (Wildman–Crippen MR) is 342 cm³/mol. The lowest BCUT2D eigenvalue weighted by Crippen LogP contribution is -2.61. The molecule has 1 N–H and O–H groups in total. The number of aliphatic hydroxyl groups is 1. The molecule has 0 aromatic heterocycles. The van der Waals surface area contributed by atoms with Gasteiger partial charge in [-0.3, -0.25) is 33.6 Å². The molecule has 2 heterocycles. The van der Waals surface area contributed by atoms with Gasteiger partial charge in [0.05, 0.1) is 85.5 Å². The van der Waals surface area contributed by atoms with E-state index in [0.717, 1.165) is 0 Å². The summed E-state index contributed by atoms with van der Waals surface area (Å²) in [6.45, 7) is 19.7. The van der Waals surface area contributed by atoms with Gasteiger partial charge in [0.15, 0.2) is 18.9 Å². The largest absolute Gasteiger partial charge is 0.469 e. The normalized spacial score (nSPS) is 24.4. The Bertz CT molecular complexity index is 2010. The summed E-state index contributed by atoms with van der Waals surface area (Å²) in [5, 5.41) is 7.57. The highest BCUT2D eigenvalue weighted by Gasteiger charge is 2.52. The number of thiol groups is 8. The smallest absolute Gasteiger partial charge is 0.317 e. The minimum absolute atomic E-state index is 0.154. The molecule has 0 radical (unpaired) electrons. The van der Waals surface area contributed by atoms with Gasteiger partial charge in [-0.05, 0) is 62.3 Å². The van der Waals surface area contributed by atoms with Crippen LogP contribution in [0.4, 0.5) is 0 Å². The first-order chi connectivity index (χ1) is 41.7. The molecule has 88 heavy (non-hydrogen) atoms. The third-order valence-electron chi connectivity index (χ3n) is 11.0. The van der Waals surface area contributed by atoms with Gasteiger partial charge >= 0.3 is 41.8 Å². The third-order valence-corrected chi connectivity index (χ3v) is 13.2. The zero-order valence-electron chi connectivity index (χ0n) is 51.3. The Hall–Kier alpha value is -1.85. The van der Waals surface area contributed by atoms with Gasteiger partial charge in [0.1, 0.15) is 36.3 Å². The number of ether oxygens (including phenoxy) is 19. The van der Waals surface area contributed by atoms with Gasteiger partial charge in [-0.25, -0.2) is 0 Å². The molecule has 18 atom stereocenters. The molecule has 2 fully saturated rings. The first-order valence-electron chi connectivity index (χ1n) is 27.9. The van der Waals surface area contributed by atoms with Gasteiger partial charge in [0, 0.05) is 24.2 Å². The van der Waals surface area contributed by atoms with Crippen LogP contribution in [0.15, 0.2) is 12.3 Å². The molecule has 0 aromatic carbocycles. The Morgan fingerprint density at radius 2 is 0.750 bits per heavy atom. The van der Waals surface area contributed by atoms with Crippen molar-refractivity contribution in [1.82, 2.24) is 0 Å². The van der Waals surface area contributed by atoms with E-state index in [1.54, 1.807) is 13.8 Å². The maximum absolute atomic E-state index is 12.7. The van der Waals surface area contributed by atoms with E-state index in [1.807, 2.05) is 0 Å². The second kappa shape index (κ2) is 49.7. The lowest BCUT2D eigenvalue weighted by molar-refractivity contribution is -0.363. The summed E-state index contributed by atoms with van der Waals surface area (Å²) in [4.78, 5) is 87.7. The first kappa shape index (κ1) is 86.2. The zero-order valence-corrected chi connectivity index (χ0v) is 58.5. The summed E-state index contributed by atoms with van der Waals surface area (Å²) in [5.41, 5.74) is 0. The second-order valence-electron chi connectivity index (χ2n) is 18.6. The van der Waals surface area contributed by atoms with E-state index < -0.39 is 166 Å². The molecule has 0 aliphatic carbocycles. The molecule has 0 spiro atoms. The van der Waals surface area contributed by atoms with Crippen molar-refractivity contribution in [3.05, 3.63) is 12.3 Å². The highest BCUT2D eigenvalue weighted by Crippen LogP contribution is 2.36. The van der Waals surface area contributed by atoms with Crippen molar-refractivity contribution in [2.75, 3.05) is 85.7 Å². The number of carbonyl (C=O) groups excluding carboxylic acids is 7. The zero-order chi connectivity index (χ0) is 67.1. The van der Waals surface area contributed by atoms with Crippen LogP contribution in [0.1, 0.15) is 82.6 Å². The highest BCUT2D eigenvalue weighted by atomic mass is 32.1. The number of hydrogen-bond donors (Lipinski definition) is 9. The average molecular weight is 1420 g/mol. The van der Waals surface area contributed by atoms with E-state index in [1.165, 1.54) is 54.9 Å². The molecule has 2 aliphatic heterocycles. The molecule has 0 amide bonds. The van der Waals surface area contributed by atoms with Crippen LogP contribution in [0, 0.1) is 11.8 Å². The van der Waals surface area contributed by atoms with Crippen molar-refractivity contribution in [3.8, 4) is 0 Å². The van der Waals surface area contributed by atoms with Crippen LogP contribution in [0.3, 0.4) is 0 Å². The topological polar surface area (TPSA) is 315 Å². The number of hydrogen-bond acceptors (Lipinski definition) is 35. The fraction of sp³-hybridized carbons (Fsp3) is 0.830. The van der Waals surface area contributed by atoms with E-state index in [-0.39, 0.29) is 78.2 Å². The molecule has 0 saturated carbocycles. The van der Waals surface area contributed by atoms with Gasteiger partial charge in [0.2, 0.25) is 37.7 Å². The monoisotopic (exact) mass is 1420 g/mol. The van der Waals surface area contributed by atoms with Crippen LogP contribution in [0.2, 0.25) is 0 Å². The van der Waals surface area contributed by atoms with Gasteiger partial charge in [-0.1, -0.05) is 26.8 Å². The number of rotatable bonds is 39. The molecule has 18 unspecified atom stereocenters. The molecule has 2 saturated heterocycles. The molecule has 0 aromatic rings. The molecular weight excluding hydrogens is 1330 g/mol. The van der Waals surface area contributed by atoms with Gasteiger partial charge in [0.25, 0.3) is 0 Å². The fourth-order valence-corrected chi connectivity index (χ4v) is 8.42. The Balaban J connectivity index is 0.0000121. The van der Waals surface area contributed by atoms with Crippen molar-refractivity contribution in [2.24, 2.45) is 11.8 Å². The van der Waals surface area contributed by atoms with E-state index >= 15 is 0 Å². The van der Waals surface area contributed by atoms with Gasteiger partial charge in [-0.2, -0.15) is 101 Å². The minimum atomic E-state index is -1.55. The minimum Gasteiger partial charge on any atom is -0.469 e. The molecule has 2 rings (SSSR count). The Morgan fingerprint density at radius 3 is 1.15 bits per heavy atom. The van der Waals surface area contributed by atoms with Gasteiger partial charge < -0.3 is 95.1 Å². The van der Waals surface area contributed by atoms with Crippen molar-refractivity contribution in [3.63, 3.8) is 0 Å². The predicted octanol–water partition coefficient (Wildman–Crippen LogP) is 4.29. The molecule has 2 aliphatic rings. The fourth-order valence-electron chi connectivity index (χ4n) is 7.82. The van der Waals surface area contributed by atoms with Crippen LogP contribution in [-0.4, -0.2) is 232 Å². The van der Waals surface area contributed by atoms with E-state index in [4.69, 9.17) is 95.1 Å². The lowest BCUT2D eigenvalue weighted by atomic mass is 9.89. The molecule has 35 heteroatoms. The van der Waals surface area contributed by atoms with Crippen molar-refractivity contribution in [1.29, 1.82) is 0 Å². The lowest BCUT2D eigenvalue weighted by Gasteiger charge is -2.47. The summed E-state index contributed by atoms with van der Waals surface area (Å²) in [6.07, 6.45) is -20.0. The average Bonchev–Trinajstić information content (AvgIpc) is 3.66. The SMILES string of the molecule is C=C(CS)OC(C)OCC1OC(OC(C)OC(=O)CS)C(OC(C)OC(=O)CS)C(OC(C)OC(=O)CS)C1COCC1OCC(COC(C)OC(=O)CS)C(OC(C)OC(=O)CS)C(OC(C)OC(=O)CS)C1OC(C)OC(=O)CS.CCC.CCO. The Kier molecular flexibility index (Phi) is 48.7. The van der Waals surface area contributed by atoms with Crippen molar-refractivity contribution < 1.29 is 129 Å². The van der Waals surface area contributed by atoms with Crippen molar-refractivity contribution in [2.45, 2.75) is 182 Å². The van der Waals surface area contributed by atoms with Crippen LogP contribution < -0.4 is 0 Å². The standard InChI is InChI=1S/C48H78O26S8.C3H8.C2H6O/c1-23(15-75)60-24(2)58-14-34-33(44(69-27(5)63-38(51)18-78)47(72-30(8)66-41(54)21-81)48(74-34)73-31(9)67-42(55)22-82)12-56-13-35-45(70-28(6)64-39(52)19-79)46(71-29(7)65-40(53)20-80)43(68-26(4)62-37(50)17-77)32(11-59-35)10-57-25(3)61-36(49)16-76;1-3-2;1-2-3/h24-35,43-48,75-82H,1,10-22H2,2-9H3;3H2,1-2H3;3H,2H2,1H3. The second-order valence-corrected chi connectivity index (χ2v) is 21.1. The van der Waals surface area contributed by atoms with Crippen LogP contribution >= 0.6 is 101 Å². The van der Waals surface area contributed by atoms with E-state index in [0.29, 0.717) is 0 Å². The van der Waals surface area contributed by atoms with Gasteiger partial charge in [-0.15, -0.1) is 0 Å². The summed E-state index contributed by atoms with van der Waals surface area (Å²) in [6, 6.07) is 0. The third kappa shape index (κ3) is 36.0. The summed E-state index contributed by atoms with van der Waals surface area (Å²) >= 11 is 32.3.